The zero-order chi connectivity index (χ0) is 54.9. The summed E-state index contributed by atoms with van der Waals surface area (Å²) in [5.74, 6) is -1.22. The topological polar surface area (TPSA) is 273 Å². The van der Waals surface area contributed by atoms with Crippen molar-refractivity contribution in [3.05, 3.63) is 89.0 Å². The number of fused-ring (bicyclic) bond motifs is 1. The number of carbonyl (C=O) groups is 8. The van der Waals surface area contributed by atoms with Crippen molar-refractivity contribution in [2.24, 2.45) is 4.99 Å². The van der Waals surface area contributed by atoms with Crippen LogP contribution in [0.2, 0.25) is 0 Å². The first-order chi connectivity index (χ1) is 35.3. The molecule has 8 amide bonds. The molecule has 1 fully saturated rings. The maximum Gasteiger partial charge on any atom is 0.437 e. The van der Waals surface area contributed by atoms with Crippen LogP contribution in [-0.2, 0) is 30.3 Å². The molecule has 75 heavy (non-hydrogen) atoms. The van der Waals surface area contributed by atoms with E-state index >= 15 is 0 Å². The van der Waals surface area contributed by atoms with Gasteiger partial charge in [0.25, 0.3) is 23.6 Å². The van der Waals surface area contributed by atoms with Crippen LogP contribution < -0.4 is 42.0 Å². The van der Waals surface area contributed by atoms with Crippen molar-refractivity contribution in [1.29, 1.82) is 0 Å². The van der Waals surface area contributed by atoms with Gasteiger partial charge in [-0.05, 0) is 155 Å². The molecule has 1 atom stereocenters. The van der Waals surface area contributed by atoms with Crippen molar-refractivity contribution in [2.75, 3.05) is 36.9 Å². The number of aliphatic imine (C=N–C) groups is 1. The van der Waals surface area contributed by atoms with E-state index in [9.17, 15) is 38.4 Å². The van der Waals surface area contributed by atoms with Crippen LogP contribution in [-0.4, -0.2) is 114 Å². The van der Waals surface area contributed by atoms with E-state index in [1.165, 1.54) is 0 Å². The highest BCUT2D eigenvalue weighted by atomic mass is 16.6. The fourth-order valence-electron chi connectivity index (χ4n) is 7.39. The van der Waals surface area contributed by atoms with E-state index in [0.717, 1.165) is 31.2 Å². The molecule has 21 nitrogen and oxygen atoms in total. The van der Waals surface area contributed by atoms with E-state index < -0.39 is 47.0 Å². The minimum Gasteiger partial charge on any atom is -0.482 e. The van der Waals surface area contributed by atoms with Crippen LogP contribution in [0, 0.1) is 0 Å². The van der Waals surface area contributed by atoms with Gasteiger partial charge < -0.3 is 55.7 Å². The second-order valence-electron chi connectivity index (χ2n) is 21.2. The number of ether oxygens (including phenoxy) is 4. The summed E-state index contributed by atoms with van der Waals surface area (Å²) in [5, 5.41) is 19.3. The number of amides is 8. The van der Waals surface area contributed by atoms with E-state index in [1.54, 1.807) is 117 Å². The Morgan fingerprint density at radius 3 is 1.97 bits per heavy atom. The van der Waals surface area contributed by atoms with Gasteiger partial charge in [0.1, 0.15) is 28.6 Å². The summed E-state index contributed by atoms with van der Waals surface area (Å²) in [6.07, 6.45) is 2.54. The lowest BCUT2D eigenvalue weighted by Crippen LogP contribution is -2.49. The Hall–Kier alpha value is -7.71. The summed E-state index contributed by atoms with van der Waals surface area (Å²) in [5.41, 5.74) is 0.623. The average molecular weight is 1040 g/mol. The van der Waals surface area contributed by atoms with Crippen molar-refractivity contribution >= 4 is 65.1 Å². The number of benzene rings is 3. The van der Waals surface area contributed by atoms with Crippen LogP contribution in [0.4, 0.5) is 25.8 Å². The molecule has 1 aliphatic heterocycles. The molecule has 0 unspecified atom stereocenters. The highest BCUT2D eigenvalue weighted by molar-refractivity contribution is 6.05. The van der Waals surface area contributed by atoms with Crippen LogP contribution in [0.15, 0.2) is 71.7 Å². The maximum absolute atomic E-state index is 13.6. The minimum absolute atomic E-state index is 0.107. The SMILES string of the molecule is CC(C)(C)OC(=O)/N=C(/NCCC[C@H](NC(=O)OC(C)(C)C)C(=O)NCCCCCCNC(=O)c1cccc(NC(=O)c2ccc(CN(C(=O)c3ccc4c(c3)OCC(=O)N4)C3CC3)cc2)c1)NC(=O)OC(C)(C)C. The van der Waals surface area contributed by atoms with Crippen molar-refractivity contribution in [1.82, 2.24) is 31.5 Å². The summed E-state index contributed by atoms with van der Waals surface area (Å²) in [4.78, 5) is 108. The molecule has 5 rings (SSSR count). The van der Waals surface area contributed by atoms with Crippen LogP contribution in [0.25, 0.3) is 0 Å². The molecule has 1 heterocycles. The molecule has 0 saturated heterocycles. The summed E-state index contributed by atoms with van der Waals surface area (Å²) < 4.78 is 21.5. The van der Waals surface area contributed by atoms with Crippen molar-refractivity contribution < 1.29 is 57.3 Å². The van der Waals surface area contributed by atoms with Gasteiger partial charge in [-0.1, -0.05) is 31.0 Å². The minimum atomic E-state index is -0.966. The molecule has 0 aromatic heterocycles. The zero-order valence-corrected chi connectivity index (χ0v) is 44.5. The summed E-state index contributed by atoms with van der Waals surface area (Å²) in [7, 11) is 0. The highest BCUT2D eigenvalue weighted by Crippen LogP contribution is 2.33. The molecule has 406 valence electrons. The normalized spacial score (nSPS) is 13.8. The van der Waals surface area contributed by atoms with E-state index in [1.807, 2.05) is 17.0 Å². The number of hydrogen-bond acceptors (Lipinski definition) is 12. The summed E-state index contributed by atoms with van der Waals surface area (Å²) in [6.45, 7) is 16.3. The Balaban J connectivity index is 1.02. The van der Waals surface area contributed by atoms with E-state index in [2.05, 4.69) is 42.2 Å². The lowest BCUT2D eigenvalue weighted by Gasteiger charge is -2.24. The van der Waals surface area contributed by atoms with Crippen molar-refractivity contribution in [2.45, 2.75) is 149 Å². The molecule has 1 aliphatic carbocycles. The number of anilines is 2. The predicted molar refractivity (Wildman–Crippen MR) is 282 cm³/mol. The maximum atomic E-state index is 13.6. The second-order valence-corrected chi connectivity index (χ2v) is 21.2. The standard InChI is InChI=1S/C54H73N9O12/c1-52(2,3)73-49(69)60-41(18-15-29-57-48(61-50(70)74-53(4,5)6)62-51(71)75-54(7,8)9)46(67)56-28-13-11-10-12-27-55-44(65)36-16-14-17-38(30-36)58-45(66)35-21-19-34(20-22-35)32-63(39-24-25-39)47(68)37-23-26-40-42(31-37)72-33-43(64)59-40/h14,16-17,19-23,26,30-31,39,41H,10-13,15,18,24-25,27-29,32-33H2,1-9H3,(H,55,65)(H,56,67)(H,58,66)(H,59,64)(H,60,69)(H2,57,61,62,70,71)/t41-/m0/s1. The Labute approximate surface area is 438 Å². The van der Waals surface area contributed by atoms with E-state index in [4.69, 9.17) is 18.9 Å². The van der Waals surface area contributed by atoms with Crippen LogP contribution in [0.1, 0.15) is 150 Å². The fraction of sp³-hybridized carbons (Fsp3) is 0.500. The van der Waals surface area contributed by atoms with Gasteiger partial charge in [-0.3, -0.25) is 29.3 Å². The summed E-state index contributed by atoms with van der Waals surface area (Å²) >= 11 is 0. The molecular weight excluding hydrogens is 967 g/mol. The average Bonchev–Trinajstić information content (AvgIpc) is 4.16. The Kier molecular flexibility index (Phi) is 20.5. The number of nitrogens with zero attached hydrogens (tertiary/aromatic N) is 2. The van der Waals surface area contributed by atoms with Gasteiger partial charge in [0, 0.05) is 54.6 Å². The first-order valence-corrected chi connectivity index (χ1v) is 25.3. The van der Waals surface area contributed by atoms with Crippen LogP contribution in [0.5, 0.6) is 5.75 Å². The van der Waals surface area contributed by atoms with Crippen LogP contribution in [0.3, 0.4) is 0 Å². The Bertz CT molecular complexity index is 2560. The molecule has 0 spiro atoms. The third kappa shape index (κ3) is 21.0. The van der Waals surface area contributed by atoms with E-state index in [-0.39, 0.29) is 55.2 Å². The quantitative estimate of drug-likeness (QED) is 0.0249. The van der Waals surface area contributed by atoms with Gasteiger partial charge in [0.2, 0.25) is 11.9 Å². The Morgan fingerprint density at radius 1 is 0.693 bits per heavy atom. The molecule has 0 bridgehead atoms. The zero-order valence-electron chi connectivity index (χ0n) is 44.5. The monoisotopic (exact) mass is 1040 g/mol. The largest absolute Gasteiger partial charge is 0.482 e. The molecule has 2 aliphatic rings. The van der Waals surface area contributed by atoms with Gasteiger partial charge in [0.05, 0.1) is 5.69 Å². The first kappa shape index (κ1) is 58.2. The molecule has 3 aromatic carbocycles. The number of alkyl carbamates (subject to hydrolysis) is 2. The predicted octanol–water partition coefficient (Wildman–Crippen LogP) is 7.56. The third-order valence-corrected chi connectivity index (χ3v) is 10.9. The Morgan fingerprint density at radius 2 is 1.32 bits per heavy atom. The second kappa shape index (κ2) is 26.5. The number of hydrogen-bond donors (Lipinski definition) is 7. The number of unbranched alkanes of at least 4 members (excludes halogenated alkanes) is 3. The van der Waals surface area contributed by atoms with Gasteiger partial charge in [0.15, 0.2) is 6.61 Å². The first-order valence-electron chi connectivity index (χ1n) is 25.3. The van der Waals surface area contributed by atoms with Gasteiger partial charge >= 0.3 is 18.3 Å². The van der Waals surface area contributed by atoms with Crippen LogP contribution >= 0.6 is 0 Å². The molecule has 3 aromatic rings. The van der Waals surface area contributed by atoms with Crippen molar-refractivity contribution in [3.8, 4) is 5.75 Å². The highest BCUT2D eigenvalue weighted by Gasteiger charge is 2.34. The fourth-order valence-corrected chi connectivity index (χ4v) is 7.39. The lowest BCUT2D eigenvalue weighted by molar-refractivity contribution is -0.123. The van der Waals surface area contributed by atoms with Gasteiger partial charge in [-0.15, -0.1) is 4.99 Å². The lowest BCUT2D eigenvalue weighted by atomic mass is 10.1. The van der Waals surface area contributed by atoms with E-state index in [0.29, 0.717) is 72.7 Å². The van der Waals surface area contributed by atoms with Gasteiger partial charge in [-0.25, -0.2) is 14.4 Å². The molecule has 1 saturated carbocycles. The molecule has 0 radical (unpaired) electrons. The third-order valence-electron chi connectivity index (χ3n) is 10.9. The number of guanidine groups is 1. The summed E-state index contributed by atoms with van der Waals surface area (Å²) in [6, 6.07) is 17.8. The number of carbonyl (C=O) groups excluding carboxylic acids is 8. The van der Waals surface area contributed by atoms with Gasteiger partial charge in [-0.2, -0.15) is 0 Å². The number of nitrogens with one attached hydrogen (secondary N) is 7. The molecular formula is C54H73N9O12. The number of rotatable bonds is 20. The smallest absolute Gasteiger partial charge is 0.437 e. The molecule has 7 N–H and O–H groups in total. The molecule has 21 heteroatoms. The van der Waals surface area contributed by atoms with Crippen molar-refractivity contribution in [3.63, 3.8) is 0 Å².